The van der Waals surface area contributed by atoms with Crippen LogP contribution in [0.4, 0.5) is 0 Å². The number of piperidine rings is 1. The van der Waals surface area contributed by atoms with Gasteiger partial charge in [0, 0.05) is 18.5 Å². The first-order valence-corrected chi connectivity index (χ1v) is 5.76. The summed E-state index contributed by atoms with van der Waals surface area (Å²) in [5.74, 6) is 0.607. The molecule has 1 rings (SSSR count). The topological polar surface area (TPSA) is 12.5 Å². The SMILES string of the molecule is CC1CCCCN1CCOCCCl. The fourth-order valence-electron chi connectivity index (χ4n) is 1.83. The minimum atomic E-state index is 0.607. The third-order valence-corrected chi connectivity index (χ3v) is 2.84. The fourth-order valence-corrected chi connectivity index (χ4v) is 1.94. The molecule has 13 heavy (non-hydrogen) atoms. The van der Waals surface area contributed by atoms with E-state index in [9.17, 15) is 0 Å². The average Bonchev–Trinajstić information content (AvgIpc) is 2.15. The fraction of sp³-hybridized carbons (Fsp3) is 1.00. The molecule has 2 nitrogen and oxygen atoms in total. The van der Waals surface area contributed by atoms with E-state index in [1.165, 1.54) is 25.8 Å². The highest BCUT2D eigenvalue weighted by Crippen LogP contribution is 2.15. The van der Waals surface area contributed by atoms with Crippen LogP contribution in [0, 0.1) is 0 Å². The Kier molecular flexibility index (Phi) is 5.76. The molecule has 0 N–H and O–H groups in total. The lowest BCUT2D eigenvalue weighted by Gasteiger charge is -2.33. The molecule has 0 saturated carbocycles. The largest absolute Gasteiger partial charge is 0.379 e. The van der Waals surface area contributed by atoms with Gasteiger partial charge in [0.2, 0.25) is 0 Å². The lowest BCUT2D eigenvalue weighted by atomic mass is 10.0. The Morgan fingerprint density at radius 3 is 2.92 bits per heavy atom. The predicted molar refractivity (Wildman–Crippen MR) is 56.4 cm³/mol. The molecule has 78 valence electrons. The van der Waals surface area contributed by atoms with Crippen molar-refractivity contribution in [2.45, 2.75) is 32.2 Å². The Hall–Kier alpha value is 0.210. The van der Waals surface area contributed by atoms with E-state index in [2.05, 4.69) is 11.8 Å². The van der Waals surface area contributed by atoms with Gasteiger partial charge in [-0.25, -0.2) is 0 Å². The summed E-state index contributed by atoms with van der Waals surface area (Å²) >= 11 is 5.51. The van der Waals surface area contributed by atoms with Crippen LogP contribution in [0.15, 0.2) is 0 Å². The van der Waals surface area contributed by atoms with Gasteiger partial charge in [0.1, 0.15) is 0 Å². The molecule has 1 fully saturated rings. The Morgan fingerprint density at radius 2 is 2.23 bits per heavy atom. The van der Waals surface area contributed by atoms with E-state index in [4.69, 9.17) is 16.3 Å². The molecule has 1 saturated heterocycles. The summed E-state index contributed by atoms with van der Waals surface area (Å²) in [4.78, 5) is 2.51. The molecule has 0 aromatic heterocycles. The number of ether oxygens (including phenoxy) is 1. The van der Waals surface area contributed by atoms with E-state index in [0.717, 1.165) is 19.2 Å². The molecule has 0 bridgehead atoms. The normalized spacial score (nSPS) is 24.9. The first-order valence-electron chi connectivity index (χ1n) is 5.22. The molecular weight excluding hydrogens is 186 g/mol. The van der Waals surface area contributed by atoms with Gasteiger partial charge < -0.3 is 4.74 Å². The summed E-state index contributed by atoms with van der Waals surface area (Å²) in [6.45, 7) is 6.13. The van der Waals surface area contributed by atoms with Crippen LogP contribution in [0.2, 0.25) is 0 Å². The van der Waals surface area contributed by atoms with Crippen LogP contribution >= 0.6 is 11.6 Å². The first kappa shape index (κ1) is 11.3. The standard InChI is InChI=1S/C10H20ClNO/c1-10-4-2-3-6-12(10)7-9-13-8-5-11/h10H,2-9H2,1H3. The van der Waals surface area contributed by atoms with E-state index in [1.807, 2.05) is 0 Å². The Morgan fingerprint density at radius 1 is 1.38 bits per heavy atom. The Bertz CT molecular complexity index is 132. The number of hydrogen-bond donors (Lipinski definition) is 0. The van der Waals surface area contributed by atoms with Gasteiger partial charge in [-0.2, -0.15) is 0 Å². The second-order valence-electron chi connectivity index (χ2n) is 3.68. The molecule has 0 aromatic carbocycles. The molecule has 0 aliphatic carbocycles. The maximum atomic E-state index is 5.51. The number of hydrogen-bond acceptors (Lipinski definition) is 2. The molecule has 0 radical (unpaired) electrons. The van der Waals surface area contributed by atoms with Crippen molar-refractivity contribution in [1.82, 2.24) is 4.90 Å². The van der Waals surface area contributed by atoms with Crippen molar-refractivity contribution in [3.8, 4) is 0 Å². The smallest absolute Gasteiger partial charge is 0.0602 e. The summed E-state index contributed by atoms with van der Waals surface area (Å²) in [5, 5.41) is 0. The number of halogens is 1. The van der Waals surface area contributed by atoms with Crippen molar-refractivity contribution in [2.24, 2.45) is 0 Å². The summed E-state index contributed by atoms with van der Waals surface area (Å²) in [6.07, 6.45) is 4.08. The van der Waals surface area contributed by atoms with Crippen molar-refractivity contribution in [3.05, 3.63) is 0 Å². The van der Waals surface area contributed by atoms with Gasteiger partial charge in [0.25, 0.3) is 0 Å². The summed E-state index contributed by atoms with van der Waals surface area (Å²) in [6, 6.07) is 0.744. The Balaban J connectivity index is 2.05. The highest BCUT2D eigenvalue weighted by atomic mass is 35.5. The van der Waals surface area contributed by atoms with Crippen molar-refractivity contribution >= 4 is 11.6 Å². The van der Waals surface area contributed by atoms with Gasteiger partial charge in [-0.05, 0) is 26.3 Å². The minimum Gasteiger partial charge on any atom is -0.379 e. The summed E-state index contributed by atoms with van der Waals surface area (Å²) in [5.41, 5.74) is 0. The molecule has 1 aliphatic rings. The molecule has 0 aromatic rings. The minimum absolute atomic E-state index is 0.607. The maximum Gasteiger partial charge on any atom is 0.0602 e. The van der Waals surface area contributed by atoms with E-state index in [0.29, 0.717) is 12.5 Å². The molecule has 1 aliphatic heterocycles. The molecule has 3 heteroatoms. The van der Waals surface area contributed by atoms with Crippen LogP contribution in [0.25, 0.3) is 0 Å². The number of likely N-dealkylation sites (tertiary alicyclic amines) is 1. The van der Waals surface area contributed by atoms with Gasteiger partial charge in [-0.3, -0.25) is 4.90 Å². The van der Waals surface area contributed by atoms with Crippen LogP contribution < -0.4 is 0 Å². The number of alkyl halides is 1. The number of rotatable bonds is 5. The lowest BCUT2D eigenvalue weighted by molar-refractivity contribution is 0.0836. The monoisotopic (exact) mass is 205 g/mol. The zero-order chi connectivity index (χ0) is 9.52. The van der Waals surface area contributed by atoms with Crippen LogP contribution in [0.1, 0.15) is 26.2 Å². The highest BCUT2D eigenvalue weighted by molar-refractivity contribution is 6.17. The molecular formula is C10H20ClNO. The Labute approximate surface area is 86.2 Å². The van der Waals surface area contributed by atoms with Crippen molar-refractivity contribution in [1.29, 1.82) is 0 Å². The van der Waals surface area contributed by atoms with Crippen molar-refractivity contribution < 1.29 is 4.74 Å². The van der Waals surface area contributed by atoms with E-state index in [-0.39, 0.29) is 0 Å². The molecule has 1 heterocycles. The highest BCUT2D eigenvalue weighted by Gasteiger charge is 2.16. The second-order valence-corrected chi connectivity index (χ2v) is 4.06. The van der Waals surface area contributed by atoms with Crippen molar-refractivity contribution in [2.75, 3.05) is 32.2 Å². The maximum absolute atomic E-state index is 5.51. The molecule has 0 amide bonds. The predicted octanol–water partition coefficient (Wildman–Crippen LogP) is 2.12. The average molecular weight is 206 g/mol. The molecule has 1 atom stereocenters. The summed E-state index contributed by atoms with van der Waals surface area (Å²) in [7, 11) is 0. The second kappa shape index (κ2) is 6.63. The van der Waals surface area contributed by atoms with Gasteiger partial charge >= 0.3 is 0 Å². The van der Waals surface area contributed by atoms with Crippen LogP contribution in [0.3, 0.4) is 0 Å². The summed E-state index contributed by atoms with van der Waals surface area (Å²) < 4.78 is 5.36. The third kappa shape index (κ3) is 4.30. The van der Waals surface area contributed by atoms with Crippen LogP contribution in [-0.2, 0) is 4.74 Å². The van der Waals surface area contributed by atoms with Crippen molar-refractivity contribution in [3.63, 3.8) is 0 Å². The van der Waals surface area contributed by atoms with E-state index >= 15 is 0 Å². The third-order valence-electron chi connectivity index (χ3n) is 2.68. The number of nitrogens with zero attached hydrogens (tertiary/aromatic N) is 1. The van der Waals surface area contributed by atoms with Gasteiger partial charge in [0.15, 0.2) is 0 Å². The van der Waals surface area contributed by atoms with E-state index < -0.39 is 0 Å². The van der Waals surface area contributed by atoms with Crippen LogP contribution in [0.5, 0.6) is 0 Å². The zero-order valence-corrected chi connectivity index (χ0v) is 9.22. The van der Waals surface area contributed by atoms with Gasteiger partial charge in [-0.15, -0.1) is 11.6 Å². The van der Waals surface area contributed by atoms with Crippen LogP contribution in [-0.4, -0.2) is 43.1 Å². The molecule has 1 unspecified atom stereocenters. The molecule has 0 spiro atoms. The first-order chi connectivity index (χ1) is 6.34. The van der Waals surface area contributed by atoms with E-state index in [1.54, 1.807) is 0 Å². The van der Waals surface area contributed by atoms with Gasteiger partial charge in [0.05, 0.1) is 13.2 Å². The zero-order valence-electron chi connectivity index (χ0n) is 8.47. The quantitative estimate of drug-likeness (QED) is 0.504. The lowest BCUT2D eigenvalue weighted by Crippen LogP contribution is -2.39. The van der Waals surface area contributed by atoms with Gasteiger partial charge in [-0.1, -0.05) is 6.42 Å².